The number of hydrogen-bond donors (Lipinski definition) is 0. The maximum Gasteiger partial charge on any atom is 0.268 e. The van der Waals surface area contributed by atoms with Crippen molar-refractivity contribution in [2.45, 2.75) is 0 Å². The average Bonchev–Trinajstić information content (AvgIpc) is 2.33. The maximum absolute atomic E-state index is 13.6. The molecule has 0 aliphatic rings. The molecule has 0 amide bonds. The molecule has 0 fully saturated rings. The summed E-state index contributed by atoms with van der Waals surface area (Å²) in [6, 6.07) is 9.47. The molecule has 0 N–H and O–H groups in total. The first-order valence-electron chi connectivity index (χ1n) is 5.00. The highest BCUT2D eigenvalue weighted by molar-refractivity contribution is 5.70. The number of halogens is 1. The molecular formula is C13H9FN2O. The summed E-state index contributed by atoms with van der Waals surface area (Å²) in [4.78, 5) is 11.7. The van der Waals surface area contributed by atoms with Gasteiger partial charge in [-0.15, -0.1) is 0 Å². The molecule has 3 nitrogen and oxygen atoms in total. The topological polar surface area (TPSA) is 45.8 Å². The number of hydrogen-bond acceptors (Lipinski definition) is 2. The molecular weight excluding hydrogens is 219 g/mol. The van der Waals surface area contributed by atoms with Gasteiger partial charge in [-0.25, -0.2) is 4.39 Å². The molecule has 2 rings (SSSR count). The van der Waals surface area contributed by atoms with Gasteiger partial charge in [0.25, 0.3) is 5.56 Å². The highest BCUT2D eigenvalue weighted by Crippen LogP contribution is 2.23. The van der Waals surface area contributed by atoms with Crippen LogP contribution in [-0.2, 0) is 7.05 Å². The normalized spacial score (nSPS) is 9.94. The van der Waals surface area contributed by atoms with Gasteiger partial charge >= 0.3 is 0 Å². The largest absolute Gasteiger partial charge is 0.317 e. The molecule has 1 heterocycles. The molecule has 0 saturated heterocycles. The number of pyridine rings is 1. The van der Waals surface area contributed by atoms with E-state index < -0.39 is 11.4 Å². The van der Waals surface area contributed by atoms with Gasteiger partial charge in [-0.3, -0.25) is 4.79 Å². The number of nitriles is 1. The SMILES string of the molecule is Cn1ccc(-c2ccccc2F)c(C#N)c1=O. The molecule has 0 aliphatic carbocycles. The second kappa shape index (κ2) is 4.22. The lowest BCUT2D eigenvalue weighted by atomic mass is 10.0. The molecule has 0 unspecified atom stereocenters. The van der Waals surface area contributed by atoms with E-state index in [0.717, 1.165) is 0 Å². The van der Waals surface area contributed by atoms with Crippen LogP contribution in [0.5, 0.6) is 0 Å². The van der Waals surface area contributed by atoms with Gasteiger partial charge in [0.05, 0.1) is 0 Å². The third-order valence-corrected chi connectivity index (χ3v) is 2.54. The van der Waals surface area contributed by atoms with Crippen molar-refractivity contribution in [1.29, 1.82) is 5.26 Å². The molecule has 0 bridgehead atoms. The third-order valence-electron chi connectivity index (χ3n) is 2.54. The number of benzene rings is 1. The Morgan fingerprint density at radius 2 is 1.94 bits per heavy atom. The van der Waals surface area contributed by atoms with Gasteiger partial charge in [0.2, 0.25) is 0 Å². The predicted molar refractivity (Wildman–Crippen MR) is 61.8 cm³/mol. The van der Waals surface area contributed by atoms with E-state index in [9.17, 15) is 9.18 Å². The zero-order chi connectivity index (χ0) is 12.4. The first-order chi connectivity index (χ1) is 8.15. The number of rotatable bonds is 1. The average molecular weight is 228 g/mol. The molecule has 0 saturated carbocycles. The quantitative estimate of drug-likeness (QED) is 0.750. The van der Waals surface area contributed by atoms with Crippen LogP contribution in [0.1, 0.15) is 5.56 Å². The second-order valence-electron chi connectivity index (χ2n) is 3.61. The van der Waals surface area contributed by atoms with Crippen molar-refractivity contribution >= 4 is 0 Å². The second-order valence-corrected chi connectivity index (χ2v) is 3.61. The smallest absolute Gasteiger partial charge is 0.268 e. The molecule has 0 atom stereocenters. The van der Waals surface area contributed by atoms with E-state index in [2.05, 4.69) is 0 Å². The number of aromatic nitrogens is 1. The minimum Gasteiger partial charge on any atom is -0.317 e. The van der Waals surface area contributed by atoms with Crippen LogP contribution < -0.4 is 5.56 Å². The monoisotopic (exact) mass is 228 g/mol. The Morgan fingerprint density at radius 3 is 2.59 bits per heavy atom. The van der Waals surface area contributed by atoms with Crippen LogP contribution in [0.2, 0.25) is 0 Å². The summed E-state index contributed by atoms with van der Waals surface area (Å²) < 4.78 is 14.9. The Kier molecular flexibility index (Phi) is 2.75. The van der Waals surface area contributed by atoms with Gasteiger partial charge in [0.1, 0.15) is 17.4 Å². The van der Waals surface area contributed by atoms with Crippen LogP contribution >= 0.6 is 0 Å². The van der Waals surface area contributed by atoms with Gasteiger partial charge in [0.15, 0.2) is 0 Å². The molecule has 1 aromatic carbocycles. The van der Waals surface area contributed by atoms with E-state index in [1.165, 1.54) is 16.8 Å². The summed E-state index contributed by atoms with van der Waals surface area (Å²) >= 11 is 0. The van der Waals surface area contributed by atoms with Crippen molar-refractivity contribution in [3.8, 4) is 17.2 Å². The zero-order valence-electron chi connectivity index (χ0n) is 9.14. The summed E-state index contributed by atoms with van der Waals surface area (Å²) in [7, 11) is 1.55. The van der Waals surface area contributed by atoms with Gasteiger partial charge in [-0.1, -0.05) is 18.2 Å². The lowest BCUT2D eigenvalue weighted by Gasteiger charge is -2.06. The van der Waals surface area contributed by atoms with Gasteiger partial charge in [-0.05, 0) is 12.1 Å². The standard InChI is InChI=1S/C13H9FN2O/c1-16-7-6-9(11(8-15)13(16)17)10-4-2-3-5-12(10)14/h2-7H,1H3. The first-order valence-corrected chi connectivity index (χ1v) is 5.00. The summed E-state index contributed by atoms with van der Waals surface area (Å²) in [5.74, 6) is -0.447. The summed E-state index contributed by atoms with van der Waals surface area (Å²) in [5.41, 5.74) is 0.129. The minimum atomic E-state index is -0.447. The molecule has 0 spiro atoms. The Bertz CT molecular complexity index is 668. The van der Waals surface area contributed by atoms with Crippen molar-refractivity contribution in [3.05, 3.63) is 58.3 Å². The Hall–Kier alpha value is -2.41. The predicted octanol–water partition coefficient (Wildman–Crippen LogP) is 2.06. The highest BCUT2D eigenvalue weighted by Gasteiger charge is 2.12. The molecule has 84 valence electrons. The summed E-state index contributed by atoms with van der Waals surface area (Å²) in [6.45, 7) is 0. The fraction of sp³-hybridized carbons (Fsp3) is 0.0769. The summed E-state index contributed by atoms with van der Waals surface area (Å²) in [6.07, 6.45) is 1.52. The van der Waals surface area contributed by atoms with Crippen LogP contribution in [0.25, 0.3) is 11.1 Å². The van der Waals surface area contributed by atoms with E-state index in [-0.39, 0.29) is 11.1 Å². The zero-order valence-corrected chi connectivity index (χ0v) is 9.14. The van der Waals surface area contributed by atoms with Gasteiger partial charge in [0, 0.05) is 24.4 Å². The Morgan fingerprint density at radius 1 is 1.24 bits per heavy atom. The van der Waals surface area contributed by atoms with Crippen LogP contribution in [0.15, 0.2) is 41.3 Å². The van der Waals surface area contributed by atoms with Crippen molar-refractivity contribution in [2.75, 3.05) is 0 Å². The van der Waals surface area contributed by atoms with E-state index in [4.69, 9.17) is 5.26 Å². The van der Waals surface area contributed by atoms with Crippen molar-refractivity contribution in [3.63, 3.8) is 0 Å². The first kappa shape index (κ1) is 11.1. The lowest BCUT2D eigenvalue weighted by Crippen LogP contribution is -2.19. The van der Waals surface area contributed by atoms with E-state index in [1.54, 1.807) is 31.3 Å². The lowest BCUT2D eigenvalue weighted by molar-refractivity contribution is 0.631. The molecule has 2 aromatic rings. The Balaban J connectivity index is 2.79. The maximum atomic E-state index is 13.6. The number of nitrogens with zero attached hydrogens (tertiary/aromatic N) is 2. The van der Waals surface area contributed by atoms with Crippen molar-refractivity contribution < 1.29 is 4.39 Å². The summed E-state index contributed by atoms with van der Waals surface area (Å²) in [5, 5.41) is 8.99. The van der Waals surface area contributed by atoms with E-state index >= 15 is 0 Å². The van der Waals surface area contributed by atoms with Crippen LogP contribution in [0.4, 0.5) is 4.39 Å². The van der Waals surface area contributed by atoms with E-state index in [0.29, 0.717) is 5.56 Å². The fourth-order valence-electron chi connectivity index (χ4n) is 1.64. The molecule has 1 aromatic heterocycles. The highest BCUT2D eigenvalue weighted by atomic mass is 19.1. The van der Waals surface area contributed by atoms with Gasteiger partial charge in [-0.2, -0.15) is 5.26 Å². The number of aryl methyl sites for hydroxylation is 1. The van der Waals surface area contributed by atoms with Crippen LogP contribution in [0.3, 0.4) is 0 Å². The van der Waals surface area contributed by atoms with Crippen LogP contribution in [-0.4, -0.2) is 4.57 Å². The molecule has 0 radical (unpaired) electrons. The minimum absolute atomic E-state index is 0.0416. The third kappa shape index (κ3) is 1.83. The van der Waals surface area contributed by atoms with Crippen LogP contribution in [0, 0.1) is 17.1 Å². The van der Waals surface area contributed by atoms with Crippen molar-refractivity contribution in [2.24, 2.45) is 7.05 Å². The van der Waals surface area contributed by atoms with E-state index in [1.807, 2.05) is 6.07 Å². The van der Waals surface area contributed by atoms with Crippen molar-refractivity contribution in [1.82, 2.24) is 4.57 Å². The Labute approximate surface area is 97.4 Å². The molecule has 0 aliphatic heterocycles. The fourth-order valence-corrected chi connectivity index (χ4v) is 1.64. The molecule has 17 heavy (non-hydrogen) atoms. The molecule has 4 heteroatoms. The van der Waals surface area contributed by atoms with Gasteiger partial charge < -0.3 is 4.57 Å².